The largest absolute Gasteiger partial charge is 0.468 e. The third kappa shape index (κ3) is 3.50. The van der Waals surface area contributed by atoms with Crippen LogP contribution >= 0.6 is 11.8 Å². The first-order valence-corrected chi connectivity index (χ1v) is 8.39. The zero-order chi connectivity index (χ0) is 15.4. The lowest BCUT2D eigenvalue weighted by Crippen LogP contribution is -2.42. The van der Waals surface area contributed by atoms with E-state index in [0.29, 0.717) is 12.2 Å². The standard InChI is InChI=1S/C14H19N5O2S/c1-18-10-11(16-17-18)14(20)15-9-12(13-3-2-6-21-13)19-4-7-22-8-5-19/h2-3,6,10,12H,4-5,7-9H2,1H3,(H,15,20)/t12-/m1/s1. The predicted octanol–water partition coefficient (Wildman–Crippen LogP) is 0.928. The number of carbonyl (C=O) groups is 1. The van der Waals surface area contributed by atoms with E-state index in [1.54, 1.807) is 19.5 Å². The third-order valence-electron chi connectivity index (χ3n) is 3.65. The maximum atomic E-state index is 12.1. The number of furan rings is 1. The molecular weight excluding hydrogens is 302 g/mol. The van der Waals surface area contributed by atoms with Crippen LogP contribution in [0.15, 0.2) is 29.0 Å². The summed E-state index contributed by atoms with van der Waals surface area (Å²) in [6.45, 7) is 2.49. The Labute approximate surface area is 133 Å². The monoisotopic (exact) mass is 321 g/mol. The molecule has 0 bridgehead atoms. The van der Waals surface area contributed by atoms with E-state index in [1.807, 2.05) is 23.9 Å². The summed E-state index contributed by atoms with van der Waals surface area (Å²) in [5, 5.41) is 10.5. The average molecular weight is 321 g/mol. The van der Waals surface area contributed by atoms with Crippen molar-refractivity contribution in [2.45, 2.75) is 6.04 Å². The topological polar surface area (TPSA) is 76.2 Å². The van der Waals surface area contributed by atoms with Crippen LogP contribution in [0.2, 0.25) is 0 Å². The number of rotatable bonds is 5. The highest BCUT2D eigenvalue weighted by atomic mass is 32.2. The van der Waals surface area contributed by atoms with E-state index in [0.717, 1.165) is 30.4 Å². The van der Waals surface area contributed by atoms with E-state index in [9.17, 15) is 4.79 Å². The van der Waals surface area contributed by atoms with Crippen molar-refractivity contribution < 1.29 is 9.21 Å². The zero-order valence-corrected chi connectivity index (χ0v) is 13.3. The van der Waals surface area contributed by atoms with E-state index in [2.05, 4.69) is 20.5 Å². The molecule has 1 saturated heterocycles. The molecule has 22 heavy (non-hydrogen) atoms. The van der Waals surface area contributed by atoms with Gasteiger partial charge in [0.05, 0.1) is 18.5 Å². The lowest BCUT2D eigenvalue weighted by atomic mass is 10.1. The van der Waals surface area contributed by atoms with Gasteiger partial charge in [0.1, 0.15) is 5.76 Å². The van der Waals surface area contributed by atoms with Crippen molar-refractivity contribution in [3.05, 3.63) is 36.0 Å². The van der Waals surface area contributed by atoms with Crippen molar-refractivity contribution >= 4 is 17.7 Å². The first-order chi connectivity index (χ1) is 10.7. The van der Waals surface area contributed by atoms with Crippen LogP contribution in [0.3, 0.4) is 0 Å². The molecule has 2 aromatic heterocycles. The van der Waals surface area contributed by atoms with Crippen LogP contribution in [0.1, 0.15) is 22.3 Å². The number of amides is 1. The lowest BCUT2D eigenvalue weighted by Gasteiger charge is -2.33. The number of hydrogen-bond acceptors (Lipinski definition) is 6. The van der Waals surface area contributed by atoms with E-state index < -0.39 is 0 Å². The molecule has 1 N–H and O–H groups in total. The molecule has 118 valence electrons. The first-order valence-electron chi connectivity index (χ1n) is 7.24. The van der Waals surface area contributed by atoms with Crippen LogP contribution in [0.25, 0.3) is 0 Å². The fourth-order valence-corrected chi connectivity index (χ4v) is 3.44. The van der Waals surface area contributed by atoms with Gasteiger partial charge >= 0.3 is 0 Å². The maximum Gasteiger partial charge on any atom is 0.273 e. The molecule has 0 saturated carbocycles. The Bertz CT molecular complexity index is 607. The lowest BCUT2D eigenvalue weighted by molar-refractivity contribution is 0.0924. The van der Waals surface area contributed by atoms with Crippen LogP contribution < -0.4 is 5.32 Å². The summed E-state index contributed by atoms with van der Waals surface area (Å²) in [7, 11) is 1.74. The van der Waals surface area contributed by atoms with Crippen molar-refractivity contribution in [1.82, 2.24) is 25.2 Å². The second-order valence-electron chi connectivity index (χ2n) is 5.17. The average Bonchev–Trinajstić information content (AvgIpc) is 3.20. The summed E-state index contributed by atoms with van der Waals surface area (Å²) >= 11 is 1.96. The molecule has 0 unspecified atom stereocenters. The van der Waals surface area contributed by atoms with Crippen molar-refractivity contribution in [3.8, 4) is 0 Å². The molecule has 3 heterocycles. The second-order valence-corrected chi connectivity index (χ2v) is 6.39. The van der Waals surface area contributed by atoms with Crippen molar-refractivity contribution in [1.29, 1.82) is 0 Å². The van der Waals surface area contributed by atoms with Gasteiger partial charge in [-0.1, -0.05) is 5.21 Å². The Morgan fingerprint density at radius 1 is 1.50 bits per heavy atom. The Kier molecular flexibility index (Phi) is 4.79. The molecule has 1 fully saturated rings. The summed E-state index contributed by atoms with van der Waals surface area (Å²) in [4.78, 5) is 14.5. The molecule has 1 aliphatic rings. The minimum Gasteiger partial charge on any atom is -0.468 e. The molecule has 3 rings (SSSR count). The molecule has 8 heteroatoms. The van der Waals surface area contributed by atoms with Gasteiger partial charge in [0.2, 0.25) is 0 Å². The highest BCUT2D eigenvalue weighted by Gasteiger charge is 2.25. The minimum atomic E-state index is -0.212. The van der Waals surface area contributed by atoms with Gasteiger partial charge in [-0.3, -0.25) is 14.4 Å². The second kappa shape index (κ2) is 6.97. The molecule has 0 aromatic carbocycles. The summed E-state index contributed by atoms with van der Waals surface area (Å²) in [5.74, 6) is 2.88. The Hall–Kier alpha value is -1.80. The highest BCUT2D eigenvalue weighted by Crippen LogP contribution is 2.24. The van der Waals surface area contributed by atoms with Gasteiger partial charge in [0.15, 0.2) is 5.69 Å². The molecule has 1 atom stereocenters. The van der Waals surface area contributed by atoms with E-state index in [4.69, 9.17) is 4.42 Å². The number of aromatic nitrogens is 3. The third-order valence-corrected chi connectivity index (χ3v) is 4.59. The molecular formula is C14H19N5O2S. The van der Waals surface area contributed by atoms with Gasteiger partial charge in [-0.05, 0) is 12.1 Å². The van der Waals surface area contributed by atoms with Gasteiger partial charge in [-0.15, -0.1) is 5.10 Å². The summed E-state index contributed by atoms with van der Waals surface area (Å²) < 4.78 is 7.07. The van der Waals surface area contributed by atoms with E-state index in [-0.39, 0.29) is 11.9 Å². The Balaban J connectivity index is 1.66. The van der Waals surface area contributed by atoms with E-state index >= 15 is 0 Å². The molecule has 1 aliphatic heterocycles. The van der Waals surface area contributed by atoms with Crippen LogP contribution in [0.5, 0.6) is 0 Å². The highest BCUT2D eigenvalue weighted by molar-refractivity contribution is 7.99. The number of nitrogens with zero attached hydrogens (tertiary/aromatic N) is 4. The van der Waals surface area contributed by atoms with Crippen molar-refractivity contribution in [2.75, 3.05) is 31.1 Å². The van der Waals surface area contributed by atoms with Crippen molar-refractivity contribution in [3.63, 3.8) is 0 Å². The van der Waals surface area contributed by atoms with Crippen LogP contribution in [0, 0.1) is 0 Å². The predicted molar refractivity (Wildman–Crippen MR) is 83.7 cm³/mol. The Morgan fingerprint density at radius 2 is 2.32 bits per heavy atom. The molecule has 0 spiro atoms. The number of carbonyl (C=O) groups excluding carboxylic acids is 1. The molecule has 0 radical (unpaired) electrons. The van der Waals surface area contributed by atoms with Gasteiger partial charge in [-0.2, -0.15) is 11.8 Å². The Morgan fingerprint density at radius 3 is 2.95 bits per heavy atom. The SMILES string of the molecule is Cn1cc(C(=O)NC[C@H](c2ccco2)N2CCSCC2)nn1. The van der Waals surface area contributed by atoms with Crippen molar-refractivity contribution in [2.24, 2.45) is 7.05 Å². The number of hydrogen-bond donors (Lipinski definition) is 1. The maximum absolute atomic E-state index is 12.1. The number of aryl methyl sites for hydroxylation is 1. The smallest absolute Gasteiger partial charge is 0.273 e. The summed E-state index contributed by atoms with van der Waals surface area (Å²) in [6, 6.07) is 3.89. The number of nitrogens with one attached hydrogen (secondary N) is 1. The zero-order valence-electron chi connectivity index (χ0n) is 12.4. The first kappa shape index (κ1) is 15.1. The summed E-state index contributed by atoms with van der Waals surface area (Å²) in [5.41, 5.74) is 0.329. The molecule has 1 amide bonds. The van der Waals surface area contributed by atoms with E-state index in [1.165, 1.54) is 4.68 Å². The van der Waals surface area contributed by atoms with Gasteiger partial charge < -0.3 is 9.73 Å². The molecule has 7 nitrogen and oxygen atoms in total. The van der Waals surface area contributed by atoms with Crippen LogP contribution in [-0.2, 0) is 7.05 Å². The van der Waals surface area contributed by atoms with Crippen LogP contribution in [-0.4, -0.2) is 56.9 Å². The van der Waals surface area contributed by atoms with Crippen LogP contribution in [0.4, 0.5) is 0 Å². The minimum absolute atomic E-state index is 0.0523. The fraction of sp³-hybridized carbons (Fsp3) is 0.500. The van der Waals surface area contributed by atoms with Gasteiger partial charge in [0, 0.05) is 38.2 Å². The summed E-state index contributed by atoms with van der Waals surface area (Å²) in [6.07, 6.45) is 3.28. The normalized spacial score (nSPS) is 17.3. The van der Waals surface area contributed by atoms with Gasteiger partial charge in [-0.25, -0.2) is 0 Å². The molecule has 0 aliphatic carbocycles. The quantitative estimate of drug-likeness (QED) is 0.883. The number of thioether (sulfide) groups is 1. The molecule has 2 aromatic rings. The fourth-order valence-electron chi connectivity index (χ4n) is 2.51. The van der Waals surface area contributed by atoms with Gasteiger partial charge in [0.25, 0.3) is 5.91 Å².